The quantitative estimate of drug-likeness (QED) is 0.817. The van der Waals surface area contributed by atoms with E-state index in [2.05, 4.69) is 5.16 Å². The van der Waals surface area contributed by atoms with Crippen LogP contribution in [0.3, 0.4) is 0 Å². The third-order valence-corrected chi connectivity index (χ3v) is 3.87. The van der Waals surface area contributed by atoms with Gasteiger partial charge in [0.25, 0.3) is 5.91 Å². The van der Waals surface area contributed by atoms with E-state index in [1.54, 1.807) is 11.8 Å². The Morgan fingerprint density at radius 3 is 2.59 bits per heavy atom. The lowest BCUT2D eigenvalue weighted by Gasteiger charge is -2.30. The predicted octanol–water partition coefficient (Wildman–Crippen LogP) is 3.04. The molecule has 1 aromatic heterocycles. The number of hydrogen-bond donors (Lipinski definition) is 0. The van der Waals surface area contributed by atoms with Crippen LogP contribution in [0.2, 0.25) is 5.02 Å². The Hall–Kier alpha value is -1.03. The highest BCUT2D eigenvalue weighted by molar-refractivity contribution is 6.33. The summed E-state index contributed by atoms with van der Waals surface area (Å²) in [7, 11) is 1.81. The molecule has 0 radical (unpaired) electrons. The largest absolute Gasteiger partial charge is 0.349 e. The molecule has 4 nitrogen and oxygen atoms in total. The van der Waals surface area contributed by atoms with Gasteiger partial charge in [0.15, 0.2) is 0 Å². The van der Waals surface area contributed by atoms with Crippen LogP contribution < -0.4 is 0 Å². The Balaban J connectivity index is 2.11. The Morgan fingerprint density at radius 2 is 2.06 bits per heavy atom. The van der Waals surface area contributed by atoms with Crippen molar-refractivity contribution < 1.29 is 9.32 Å². The molecular weight excluding hydrogens is 240 g/mol. The van der Waals surface area contributed by atoms with Gasteiger partial charge < -0.3 is 9.42 Å². The Bertz CT molecular complexity index is 411. The standard InChI is InChI=1S/C12H17ClN2O2/c1-8-10(13)11(17-14-8)12(16)15(2)9-6-4-3-5-7-9/h9H,3-7H2,1-2H3. The van der Waals surface area contributed by atoms with Gasteiger partial charge in [0.05, 0.1) is 5.69 Å². The van der Waals surface area contributed by atoms with Gasteiger partial charge in [0, 0.05) is 13.1 Å². The molecule has 1 fully saturated rings. The monoisotopic (exact) mass is 256 g/mol. The highest BCUT2D eigenvalue weighted by atomic mass is 35.5. The molecule has 94 valence electrons. The fourth-order valence-electron chi connectivity index (χ4n) is 2.29. The van der Waals surface area contributed by atoms with Crippen molar-refractivity contribution in [2.45, 2.75) is 45.1 Å². The fraction of sp³-hybridized carbons (Fsp3) is 0.667. The summed E-state index contributed by atoms with van der Waals surface area (Å²) in [5.74, 6) is -0.000241. The van der Waals surface area contributed by atoms with E-state index < -0.39 is 0 Å². The van der Waals surface area contributed by atoms with Crippen molar-refractivity contribution in [3.8, 4) is 0 Å². The van der Waals surface area contributed by atoms with Crippen LogP contribution in [0.4, 0.5) is 0 Å². The zero-order chi connectivity index (χ0) is 12.4. The summed E-state index contributed by atoms with van der Waals surface area (Å²) in [4.78, 5) is 13.9. The minimum Gasteiger partial charge on any atom is -0.349 e. The number of amides is 1. The topological polar surface area (TPSA) is 46.3 Å². The van der Waals surface area contributed by atoms with Crippen LogP contribution in [0.5, 0.6) is 0 Å². The maximum Gasteiger partial charge on any atom is 0.294 e. The van der Waals surface area contributed by atoms with Crippen LogP contribution in [-0.4, -0.2) is 29.1 Å². The number of carbonyl (C=O) groups excluding carboxylic acids is 1. The van der Waals surface area contributed by atoms with Crippen molar-refractivity contribution in [2.24, 2.45) is 0 Å². The van der Waals surface area contributed by atoms with Crippen molar-refractivity contribution in [3.05, 3.63) is 16.5 Å². The summed E-state index contributed by atoms with van der Waals surface area (Å²) in [6, 6.07) is 0.303. The molecule has 5 heteroatoms. The first kappa shape index (κ1) is 12.4. The molecule has 1 aromatic rings. The minimum atomic E-state index is -0.164. The molecule has 0 bridgehead atoms. The summed E-state index contributed by atoms with van der Waals surface area (Å²) in [5, 5.41) is 4.04. The van der Waals surface area contributed by atoms with E-state index in [4.69, 9.17) is 16.1 Å². The third-order valence-electron chi connectivity index (χ3n) is 3.43. The summed E-state index contributed by atoms with van der Waals surface area (Å²) in [5.41, 5.74) is 0.562. The Kier molecular flexibility index (Phi) is 3.72. The Morgan fingerprint density at radius 1 is 1.41 bits per heavy atom. The zero-order valence-corrected chi connectivity index (χ0v) is 11.0. The number of rotatable bonds is 2. The van der Waals surface area contributed by atoms with Crippen LogP contribution >= 0.6 is 11.6 Å². The molecule has 1 amide bonds. The van der Waals surface area contributed by atoms with Crippen LogP contribution in [0.25, 0.3) is 0 Å². The normalized spacial score (nSPS) is 17.1. The van der Waals surface area contributed by atoms with Crippen molar-refractivity contribution in [1.29, 1.82) is 0 Å². The number of aryl methyl sites for hydroxylation is 1. The van der Waals surface area contributed by atoms with E-state index in [1.165, 1.54) is 19.3 Å². The van der Waals surface area contributed by atoms with Crippen molar-refractivity contribution >= 4 is 17.5 Å². The smallest absolute Gasteiger partial charge is 0.294 e. The average Bonchev–Trinajstić information content (AvgIpc) is 2.69. The molecule has 0 unspecified atom stereocenters. The zero-order valence-electron chi connectivity index (χ0n) is 10.2. The van der Waals surface area contributed by atoms with Gasteiger partial charge in [-0.25, -0.2) is 0 Å². The van der Waals surface area contributed by atoms with E-state index in [0.29, 0.717) is 16.8 Å². The summed E-state index contributed by atoms with van der Waals surface area (Å²) >= 11 is 5.98. The second-order valence-electron chi connectivity index (χ2n) is 4.62. The molecule has 0 N–H and O–H groups in total. The van der Waals surface area contributed by atoms with Gasteiger partial charge in [-0.15, -0.1) is 0 Å². The molecule has 0 aliphatic heterocycles. The summed E-state index contributed by atoms with van der Waals surface area (Å²) < 4.78 is 5.00. The second kappa shape index (κ2) is 5.08. The molecule has 1 aliphatic carbocycles. The van der Waals surface area contributed by atoms with Gasteiger partial charge in [-0.05, 0) is 19.8 Å². The van der Waals surface area contributed by atoms with E-state index in [9.17, 15) is 4.79 Å². The first-order chi connectivity index (χ1) is 8.11. The van der Waals surface area contributed by atoms with Crippen LogP contribution in [0, 0.1) is 6.92 Å². The molecule has 1 aliphatic rings. The molecule has 1 saturated carbocycles. The number of carbonyl (C=O) groups is 1. The van der Waals surface area contributed by atoms with Gasteiger partial charge in [-0.3, -0.25) is 4.79 Å². The molecule has 1 heterocycles. The molecule has 0 atom stereocenters. The van der Waals surface area contributed by atoms with Crippen molar-refractivity contribution in [3.63, 3.8) is 0 Å². The van der Waals surface area contributed by atoms with Crippen molar-refractivity contribution in [2.75, 3.05) is 7.05 Å². The molecule has 2 rings (SSSR count). The van der Waals surface area contributed by atoms with E-state index in [-0.39, 0.29) is 11.7 Å². The molecule has 0 aromatic carbocycles. The van der Waals surface area contributed by atoms with Crippen LogP contribution in [0.1, 0.15) is 48.4 Å². The van der Waals surface area contributed by atoms with Gasteiger partial charge >= 0.3 is 0 Å². The lowest BCUT2D eigenvalue weighted by atomic mass is 9.94. The number of nitrogens with zero attached hydrogens (tertiary/aromatic N) is 2. The average molecular weight is 257 g/mol. The lowest BCUT2D eigenvalue weighted by molar-refractivity contribution is 0.0654. The first-order valence-corrected chi connectivity index (χ1v) is 6.38. The predicted molar refractivity (Wildman–Crippen MR) is 65.2 cm³/mol. The molecule has 0 saturated heterocycles. The minimum absolute atomic E-state index is 0.164. The van der Waals surface area contributed by atoms with Gasteiger partial charge in [-0.2, -0.15) is 0 Å². The van der Waals surface area contributed by atoms with E-state index in [1.807, 2.05) is 7.05 Å². The maximum absolute atomic E-state index is 12.2. The lowest BCUT2D eigenvalue weighted by Crippen LogP contribution is -2.38. The molecule has 17 heavy (non-hydrogen) atoms. The number of hydrogen-bond acceptors (Lipinski definition) is 3. The second-order valence-corrected chi connectivity index (χ2v) is 5.00. The highest BCUT2D eigenvalue weighted by Crippen LogP contribution is 2.26. The Labute approximate surface area is 106 Å². The fourth-order valence-corrected chi connectivity index (χ4v) is 2.44. The SMILES string of the molecule is Cc1noc(C(=O)N(C)C2CCCCC2)c1Cl. The highest BCUT2D eigenvalue weighted by Gasteiger charge is 2.27. The van der Waals surface area contributed by atoms with E-state index >= 15 is 0 Å². The van der Waals surface area contributed by atoms with E-state index in [0.717, 1.165) is 12.8 Å². The van der Waals surface area contributed by atoms with Crippen LogP contribution in [-0.2, 0) is 0 Å². The number of halogens is 1. The molecule has 0 spiro atoms. The van der Waals surface area contributed by atoms with Gasteiger partial charge in [0.1, 0.15) is 5.02 Å². The maximum atomic E-state index is 12.2. The van der Waals surface area contributed by atoms with Gasteiger partial charge in [-0.1, -0.05) is 36.0 Å². The van der Waals surface area contributed by atoms with Crippen LogP contribution in [0.15, 0.2) is 4.52 Å². The van der Waals surface area contributed by atoms with Crippen molar-refractivity contribution in [1.82, 2.24) is 10.1 Å². The van der Waals surface area contributed by atoms with Gasteiger partial charge in [0.2, 0.25) is 5.76 Å². The molecular formula is C12H17ClN2O2. The third kappa shape index (κ3) is 2.46. The number of aromatic nitrogens is 1. The summed E-state index contributed by atoms with van der Waals surface area (Å²) in [6.07, 6.45) is 5.76. The summed E-state index contributed by atoms with van der Waals surface area (Å²) in [6.45, 7) is 1.73. The first-order valence-electron chi connectivity index (χ1n) is 6.00.